The lowest BCUT2D eigenvalue weighted by Crippen LogP contribution is -2.45. The van der Waals surface area contributed by atoms with Crippen molar-refractivity contribution < 1.29 is 9.59 Å². The maximum atomic E-state index is 11.7. The summed E-state index contributed by atoms with van der Waals surface area (Å²) in [5.74, 6) is 0.260. The van der Waals surface area contributed by atoms with E-state index in [-0.39, 0.29) is 23.8 Å². The molecule has 4 nitrogen and oxygen atoms in total. The number of carbonyl (C=O) groups excluding carboxylic acids is 2. The van der Waals surface area contributed by atoms with Gasteiger partial charge in [-0.1, -0.05) is 6.92 Å². The number of carbonyl (C=O) groups is 2. The molecule has 2 fully saturated rings. The minimum absolute atomic E-state index is 0.0278. The molecule has 1 saturated heterocycles. The highest BCUT2D eigenvalue weighted by Gasteiger charge is 2.44. The topological polar surface area (TPSA) is 63.4 Å². The lowest BCUT2D eigenvalue weighted by atomic mass is 10.1. The maximum Gasteiger partial charge on any atom is 0.232 e. The van der Waals surface area contributed by atoms with E-state index < -0.39 is 0 Å². The van der Waals surface area contributed by atoms with Crippen LogP contribution in [0.1, 0.15) is 26.2 Å². The van der Waals surface area contributed by atoms with E-state index in [2.05, 4.69) is 0 Å². The van der Waals surface area contributed by atoms with E-state index in [4.69, 9.17) is 5.73 Å². The Morgan fingerprint density at radius 2 is 2.14 bits per heavy atom. The molecule has 1 aliphatic heterocycles. The molecule has 2 aliphatic rings. The van der Waals surface area contributed by atoms with Gasteiger partial charge in [-0.05, 0) is 18.8 Å². The first-order chi connectivity index (χ1) is 6.65. The predicted octanol–water partition coefficient (Wildman–Crippen LogP) is 0.119. The highest BCUT2D eigenvalue weighted by Crippen LogP contribution is 2.37. The van der Waals surface area contributed by atoms with Crippen molar-refractivity contribution in [2.45, 2.75) is 32.2 Å². The van der Waals surface area contributed by atoms with Gasteiger partial charge in [0, 0.05) is 18.9 Å². The Balaban J connectivity index is 2.14. The normalized spacial score (nSPS) is 29.9. The van der Waals surface area contributed by atoms with Crippen LogP contribution in [0.15, 0.2) is 0 Å². The van der Waals surface area contributed by atoms with E-state index in [1.54, 1.807) is 6.92 Å². The molecule has 14 heavy (non-hydrogen) atoms. The molecule has 0 bridgehead atoms. The van der Waals surface area contributed by atoms with Crippen molar-refractivity contribution in [1.82, 2.24) is 4.90 Å². The standard InChI is InChI=1S/C10H16N2O2/c1-6-4-9(13)12(10(6)14)8(5-11)7-2-3-7/h6-8H,2-5,11H2,1H3. The minimum Gasteiger partial charge on any atom is -0.328 e. The van der Waals surface area contributed by atoms with Crippen LogP contribution in [-0.4, -0.2) is 29.3 Å². The summed E-state index contributed by atoms with van der Waals surface area (Å²) >= 11 is 0. The molecule has 4 heteroatoms. The van der Waals surface area contributed by atoms with Gasteiger partial charge in [0.2, 0.25) is 11.8 Å². The van der Waals surface area contributed by atoms with Crippen molar-refractivity contribution in [2.75, 3.05) is 6.54 Å². The average molecular weight is 196 g/mol. The Kier molecular flexibility index (Phi) is 2.31. The fourth-order valence-corrected chi connectivity index (χ4v) is 2.15. The van der Waals surface area contributed by atoms with E-state index >= 15 is 0 Å². The number of nitrogens with zero attached hydrogens (tertiary/aromatic N) is 1. The Morgan fingerprint density at radius 3 is 2.50 bits per heavy atom. The van der Waals surface area contributed by atoms with E-state index in [0.717, 1.165) is 12.8 Å². The van der Waals surface area contributed by atoms with Gasteiger partial charge in [-0.2, -0.15) is 0 Å². The molecule has 2 rings (SSSR count). The second-order valence-corrected chi connectivity index (χ2v) is 4.35. The fraction of sp³-hybridized carbons (Fsp3) is 0.800. The van der Waals surface area contributed by atoms with Crippen molar-refractivity contribution in [2.24, 2.45) is 17.6 Å². The zero-order valence-electron chi connectivity index (χ0n) is 8.40. The quantitative estimate of drug-likeness (QED) is 0.652. The van der Waals surface area contributed by atoms with Gasteiger partial charge in [-0.25, -0.2) is 0 Å². The largest absolute Gasteiger partial charge is 0.328 e. The van der Waals surface area contributed by atoms with Crippen LogP contribution in [0.4, 0.5) is 0 Å². The van der Waals surface area contributed by atoms with E-state index in [1.807, 2.05) is 0 Å². The van der Waals surface area contributed by atoms with Crippen LogP contribution in [0.3, 0.4) is 0 Å². The highest BCUT2D eigenvalue weighted by atomic mass is 16.2. The van der Waals surface area contributed by atoms with Crippen LogP contribution in [0.5, 0.6) is 0 Å². The van der Waals surface area contributed by atoms with Gasteiger partial charge in [0.15, 0.2) is 0 Å². The molecule has 0 aromatic carbocycles. The highest BCUT2D eigenvalue weighted by molar-refractivity contribution is 6.03. The minimum atomic E-state index is -0.143. The zero-order chi connectivity index (χ0) is 10.3. The van der Waals surface area contributed by atoms with Crippen molar-refractivity contribution >= 4 is 11.8 Å². The predicted molar refractivity (Wildman–Crippen MR) is 51.2 cm³/mol. The second-order valence-electron chi connectivity index (χ2n) is 4.35. The molecular weight excluding hydrogens is 180 g/mol. The molecule has 2 unspecified atom stereocenters. The third kappa shape index (κ3) is 1.43. The Morgan fingerprint density at radius 1 is 1.50 bits per heavy atom. The summed E-state index contributed by atoms with van der Waals surface area (Å²) in [6, 6.07) is -0.0278. The van der Waals surface area contributed by atoms with Crippen LogP contribution in [0.25, 0.3) is 0 Å². The van der Waals surface area contributed by atoms with Gasteiger partial charge in [0.25, 0.3) is 0 Å². The lowest BCUT2D eigenvalue weighted by molar-refractivity contribution is -0.142. The molecule has 0 aromatic rings. The SMILES string of the molecule is CC1CC(=O)N(C(CN)C2CC2)C1=O. The number of hydrogen-bond donors (Lipinski definition) is 1. The molecule has 1 saturated carbocycles. The summed E-state index contributed by atoms with van der Waals surface area (Å²) in [7, 11) is 0. The number of imide groups is 1. The zero-order valence-corrected chi connectivity index (χ0v) is 8.40. The van der Waals surface area contributed by atoms with Gasteiger partial charge < -0.3 is 5.73 Å². The summed E-state index contributed by atoms with van der Waals surface area (Å²) < 4.78 is 0. The summed E-state index contributed by atoms with van der Waals surface area (Å²) in [6.07, 6.45) is 2.57. The summed E-state index contributed by atoms with van der Waals surface area (Å²) in [6.45, 7) is 2.22. The number of likely N-dealkylation sites (tertiary alicyclic amines) is 1. The molecule has 1 aliphatic carbocycles. The number of rotatable bonds is 3. The van der Waals surface area contributed by atoms with Crippen LogP contribution >= 0.6 is 0 Å². The van der Waals surface area contributed by atoms with Gasteiger partial charge in [0.1, 0.15) is 0 Å². The van der Waals surface area contributed by atoms with Crippen molar-refractivity contribution in [3.05, 3.63) is 0 Å². The van der Waals surface area contributed by atoms with Crippen molar-refractivity contribution in [3.63, 3.8) is 0 Å². The van der Waals surface area contributed by atoms with Gasteiger partial charge in [0.05, 0.1) is 6.04 Å². The van der Waals surface area contributed by atoms with Crippen LogP contribution < -0.4 is 5.73 Å². The molecule has 1 heterocycles. The van der Waals surface area contributed by atoms with Gasteiger partial charge in [-0.3, -0.25) is 14.5 Å². The van der Waals surface area contributed by atoms with Crippen LogP contribution in [0.2, 0.25) is 0 Å². The number of amides is 2. The molecule has 2 atom stereocenters. The average Bonchev–Trinajstić information content (AvgIpc) is 2.91. The van der Waals surface area contributed by atoms with E-state index in [9.17, 15) is 9.59 Å². The Bertz CT molecular complexity index is 273. The molecule has 0 radical (unpaired) electrons. The summed E-state index contributed by atoms with van der Waals surface area (Å²) in [5, 5.41) is 0. The smallest absolute Gasteiger partial charge is 0.232 e. The summed E-state index contributed by atoms with van der Waals surface area (Å²) in [5.41, 5.74) is 5.62. The molecule has 2 amide bonds. The fourth-order valence-electron chi connectivity index (χ4n) is 2.15. The van der Waals surface area contributed by atoms with Crippen LogP contribution in [0, 0.1) is 11.8 Å². The van der Waals surface area contributed by atoms with Gasteiger partial charge >= 0.3 is 0 Å². The summed E-state index contributed by atoms with van der Waals surface area (Å²) in [4.78, 5) is 24.7. The number of hydrogen-bond acceptors (Lipinski definition) is 3. The van der Waals surface area contributed by atoms with Crippen molar-refractivity contribution in [3.8, 4) is 0 Å². The third-order valence-electron chi connectivity index (χ3n) is 3.15. The van der Waals surface area contributed by atoms with Crippen LogP contribution in [-0.2, 0) is 9.59 Å². The maximum absolute atomic E-state index is 11.7. The third-order valence-corrected chi connectivity index (χ3v) is 3.15. The monoisotopic (exact) mass is 196 g/mol. The molecule has 2 N–H and O–H groups in total. The van der Waals surface area contributed by atoms with E-state index in [0.29, 0.717) is 18.9 Å². The molecule has 78 valence electrons. The molecular formula is C10H16N2O2. The Hall–Kier alpha value is -0.900. The van der Waals surface area contributed by atoms with E-state index in [1.165, 1.54) is 4.90 Å². The lowest BCUT2D eigenvalue weighted by Gasteiger charge is -2.24. The first-order valence-corrected chi connectivity index (χ1v) is 5.21. The second kappa shape index (κ2) is 3.35. The van der Waals surface area contributed by atoms with Crippen molar-refractivity contribution in [1.29, 1.82) is 0 Å². The molecule has 0 aromatic heterocycles. The Labute approximate surface area is 83.4 Å². The molecule has 0 spiro atoms. The first kappa shape index (κ1) is 9.65. The number of nitrogens with two attached hydrogens (primary N) is 1. The first-order valence-electron chi connectivity index (χ1n) is 5.21. The van der Waals surface area contributed by atoms with Gasteiger partial charge in [-0.15, -0.1) is 0 Å².